The van der Waals surface area contributed by atoms with Crippen molar-refractivity contribution in [3.63, 3.8) is 0 Å². The van der Waals surface area contributed by atoms with Crippen LogP contribution in [0.3, 0.4) is 0 Å². The monoisotopic (exact) mass is 351 g/mol. The number of amides is 1. The second kappa shape index (κ2) is 8.31. The lowest BCUT2D eigenvalue weighted by Crippen LogP contribution is -2.38. The Bertz CT molecular complexity index is 844. The Balaban J connectivity index is 1.57. The van der Waals surface area contributed by atoms with Crippen molar-refractivity contribution in [2.75, 3.05) is 0 Å². The molecule has 0 aliphatic carbocycles. The topological polar surface area (TPSA) is 90.4 Å². The van der Waals surface area contributed by atoms with Gasteiger partial charge in [-0.3, -0.25) is 10.1 Å². The summed E-state index contributed by atoms with van der Waals surface area (Å²) in [6.45, 7) is 2.61. The fourth-order valence-electron chi connectivity index (χ4n) is 2.35. The van der Waals surface area contributed by atoms with E-state index < -0.39 is 11.9 Å². The molecule has 0 bridgehead atoms. The number of hydrogen-bond acceptors (Lipinski definition) is 5. The molecule has 1 heterocycles. The van der Waals surface area contributed by atoms with Gasteiger partial charge in [0.05, 0.1) is 12.6 Å². The first-order valence-corrected chi connectivity index (χ1v) is 8.37. The number of carbonyl (C=O) groups is 1. The van der Waals surface area contributed by atoms with Crippen molar-refractivity contribution in [3.8, 4) is 17.0 Å². The van der Waals surface area contributed by atoms with Gasteiger partial charge in [0.25, 0.3) is 0 Å². The highest BCUT2D eigenvalue weighted by molar-refractivity contribution is 5.79. The van der Waals surface area contributed by atoms with Crippen LogP contribution in [-0.2, 0) is 17.9 Å². The molecule has 1 aromatic heterocycles. The minimum Gasteiger partial charge on any atom is -0.489 e. The summed E-state index contributed by atoms with van der Waals surface area (Å²) in [5.41, 5.74) is 7.98. The van der Waals surface area contributed by atoms with Crippen LogP contribution in [0.5, 0.6) is 5.75 Å². The smallest absolute Gasteiger partial charge is 0.234 e. The molecule has 0 radical (unpaired) electrons. The predicted octanol–water partition coefficient (Wildman–Crippen LogP) is 2.88. The van der Waals surface area contributed by atoms with Crippen LogP contribution < -0.4 is 15.8 Å². The summed E-state index contributed by atoms with van der Waals surface area (Å²) in [5, 5.41) is 7.04. The molecule has 0 spiro atoms. The first-order chi connectivity index (χ1) is 12.6. The standard InChI is InChI=1S/C20H21N3O3/c1-14(20(21)24)22-12-18-11-19(23-26-18)16-7-9-17(10-8-16)25-13-15-5-3-2-4-6-15/h2-11,14,22H,12-13H2,1H3,(H2,21,24). The van der Waals surface area contributed by atoms with Crippen molar-refractivity contribution in [1.82, 2.24) is 10.5 Å². The molecule has 3 rings (SSSR count). The zero-order chi connectivity index (χ0) is 18.4. The summed E-state index contributed by atoms with van der Waals surface area (Å²) >= 11 is 0. The van der Waals surface area contributed by atoms with Gasteiger partial charge in [-0.2, -0.15) is 0 Å². The molecule has 6 heteroatoms. The van der Waals surface area contributed by atoms with Gasteiger partial charge in [-0.25, -0.2) is 0 Å². The van der Waals surface area contributed by atoms with E-state index in [1.165, 1.54) is 0 Å². The number of nitrogens with one attached hydrogen (secondary N) is 1. The minimum absolute atomic E-state index is 0.384. The number of benzene rings is 2. The van der Waals surface area contributed by atoms with E-state index in [9.17, 15) is 4.79 Å². The van der Waals surface area contributed by atoms with Crippen molar-refractivity contribution in [3.05, 3.63) is 72.0 Å². The number of aromatic nitrogens is 1. The van der Waals surface area contributed by atoms with E-state index in [1.807, 2.05) is 60.7 Å². The van der Waals surface area contributed by atoms with Crippen molar-refractivity contribution < 1.29 is 14.1 Å². The van der Waals surface area contributed by atoms with Crippen molar-refractivity contribution >= 4 is 5.91 Å². The molecular weight excluding hydrogens is 330 g/mol. The molecule has 26 heavy (non-hydrogen) atoms. The number of primary amides is 1. The van der Waals surface area contributed by atoms with Crippen LogP contribution in [0.2, 0.25) is 0 Å². The maximum absolute atomic E-state index is 11.0. The molecule has 134 valence electrons. The number of nitrogens with zero attached hydrogens (tertiary/aromatic N) is 1. The van der Waals surface area contributed by atoms with Gasteiger partial charge in [0.2, 0.25) is 5.91 Å². The first-order valence-electron chi connectivity index (χ1n) is 8.37. The second-order valence-corrected chi connectivity index (χ2v) is 5.98. The van der Waals surface area contributed by atoms with Crippen LogP contribution >= 0.6 is 0 Å². The molecule has 3 aromatic rings. The number of nitrogens with two attached hydrogens (primary N) is 1. The first kappa shape index (κ1) is 17.7. The van der Waals surface area contributed by atoms with Crippen LogP contribution in [-0.4, -0.2) is 17.1 Å². The number of hydrogen-bond donors (Lipinski definition) is 2. The molecule has 1 unspecified atom stereocenters. The number of rotatable bonds is 8. The van der Waals surface area contributed by atoms with Gasteiger partial charge in [-0.1, -0.05) is 35.5 Å². The van der Waals surface area contributed by atoms with Crippen LogP contribution in [0.4, 0.5) is 0 Å². The maximum Gasteiger partial charge on any atom is 0.234 e. The number of carbonyl (C=O) groups excluding carboxylic acids is 1. The average Bonchev–Trinajstić information content (AvgIpc) is 3.14. The molecular formula is C20H21N3O3. The van der Waals surface area contributed by atoms with Crippen molar-refractivity contribution in [1.29, 1.82) is 0 Å². The summed E-state index contributed by atoms with van der Waals surface area (Å²) in [6, 6.07) is 19.1. The van der Waals surface area contributed by atoms with Crippen LogP contribution in [0.1, 0.15) is 18.2 Å². The number of ether oxygens (including phenoxy) is 1. The van der Waals surface area contributed by atoms with Crippen LogP contribution in [0.15, 0.2) is 65.2 Å². The molecule has 0 fully saturated rings. The Kier molecular flexibility index (Phi) is 5.66. The largest absolute Gasteiger partial charge is 0.489 e. The Morgan fingerprint density at radius 3 is 2.62 bits per heavy atom. The Labute approximate surface area is 152 Å². The van der Waals surface area contributed by atoms with Crippen LogP contribution in [0.25, 0.3) is 11.3 Å². The highest BCUT2D eigenvalue weighted by Crippen LogP contribution is 2.23. The summed E-state index contributed by atoms with van der Waals surface area (Å²) in [7, 11) is 0. The van der Waals surface area contributed by atoms with Gasteiger partial charge in [0.1, 0.15) is 18.1 Å². The molecule has 6 nitrogen and oxygen atoms in total. The van der Waals surface area contributed by atoms with Gasteiger partial charge in [-0.05, 0) is 36.8 Å². The Morgan fingerprint density at radius 2 is 1.92 bits per heavy atom. The highest BCUT2D eigenvalue weighted by Gasteiger charge is 2.11. The molecule has 0 saturated heterocycles. The zero-order valence-electron chi connectivity index (χ0n) is 14.5. The third kappa shape index (κ3) is 4.70. The quantitative estimate of drug-likeness (QED) is 0.651. The van der Waals surface area contributed by atoms with Crippen molar-refractivity contribution in [2.24, 2.45) is 5.73 Å². The lowest BCUT2D eigenvalue weighted by atomic mass is 10.1. The lowest BCUT2D eigenvalue weighted by Gasteiger charge is -2.07. The highest BCUT2D eigenvalue weighted by atomic mass is 16.5. The van der Waals surface area contributed by atoms with Gasteiger partial charge >= 0.3 is 0 Å². The Morgan fingerprint density at radius 1 is 1.19 bits per heavy atom. The maximum atomic E-state index is 11.0. The Hall–Kier alpha value is -3.12. The van der Waals surface area contributed by atoms with E-state index in [4.69, 9.17) is 15.0 Å². The summed E-state index contributed by atoms with van der Waals surface area (Å²) in [5.74, 6) is 1.02. The van der Waals surface area contributed by atoms with E-state index in [0.717, 1.165) is 22.6 Å². The van der Waals surface area contributed by atoms with E-state index in [-0.39, 0.29) is 0 Å². The minimum atomic E-state index is -0.426. The van der Waals surface area contributed by atoms with Gasteiger partial charge in [-0.15, -0.1) is 0 Å². The fourth-order valence-corrected chi connectivity index (χ4v) is 2.35. The van der Waals surface area contributed by atoms with E-state index >= 15 is 0 Å². The molecule has 0 saturated carbocycles. The van der Waals surface area contributed by atoms with Crippen molar-refractivity contribution in [2.45, 2.75) is 26.1 Å². The molecule has 1 amide bonds. The second-order valence-electron chi connectivity index (χ2n) is 5.98. The summed E-state index contributed by atoms with van der Waals surface area (Å²) in [6.07, 6.45) is 0. The van der Waals surface area contributed by atoms with Gasteiger partial charge < -0.3 is 15.0 Å². The molecule has 3 N–H and O–H groups in total. The third-order valence-electron chi connectivity index (χ3n) is 3.97. The SMILES string of the molecule is CC(NCc1cc(-c2ccc(OCc3ccccc3)cc2)no1)C(N)=O. The van der Waals surface area contributed by atoms with Crippen LogP contribution in [0, 0.1) is 0 Å². The normalized spacial score (nSPS) is 11.9. The average molecular weight is 351 g/mol. The third-order valence-corrected chi connectivity index (χ3v) is 3.97. The molecule has 1 atom stereocenters. The summed E-state index contributed by atoms with van der Waals surface area (Å²) < 4.78 is 11.1. The van der Waals surface area contributed by atoms with E-state index in [1.54, 1.807) is 6.92 Å². The van der Waals surface area contributed by atoms with E-state index in [2.05, 4.69) is 10.5 Å². The lowest BCUT2D eigenvalue weighted by molar-refractivity contribution is -0.119. The zero-order valence-corrected chi connectivity index (χ0v) is 14.5. The fraction of sp³-hybridized carbons (Fsp3) is 0.200. The van der Waals surface area contributed by atoms with Gasteiger partial charge in [0, 0.05) is 11.6 Å². The predicted molar refractivity (Wildman–Crippen MR) is 98.2 cm³/mol. The summed E-state index contributed by atoms with van der Waals surface area (Å²) in [4.78, 5) is 11.0. The van der Waals surface area contributed by atoms with E-state index in [0.29, 0.717) is 18.9 Å². The molecule has 0 aliphatic rings. The molecule has 0 aliphatic heterocycles. The molecule has 2 aromatic carbocycles. The van der Waals surface area contributed by atoms with Gasteiger partial charge in [0.15, 0.2) is 5.76 Å².